The second kappa shape index (κ2) is 9.80. The van der Waals surface area contributed by atoms with Gasteiger partial charge >= 0.3 is 0 Å². The van der Waals surface area contributed by atoms with Crippen LogP contribution in [0.3, 0.4) is 0 Å². The van der Waals surface area contributed by atoms with Crippen LogP contribution in [-0.2, 0) is 14.8 Å². The molecule has 1 amide bonds. The molecule has 0 heterocycles. The van der Waals surface area contributed by atoms with Crippen molar-refractivity contribution < 1.29 is 27.1 Å². The fraction of sp³-hybridized carbons (Fsp3) is 0.381. The van der Waals surface area contributed by atoms with E-state index in [1.54, 1.807) is 18.2 Å². The Bertz CT molecular complexity index is 997. The summed E-state index contributed by atoms with van der Waals surface area (Å²) in [5.74, 6) is -0.0183. The van der Waals surface area contributed by atoms with Gasteiger partial charge in [0.05, 0.1) is 32.2 Å². The van der Waals surface area contributed by atoms with Crippen molar-refractivity contribution in [1.29, 1.82) is 0 Å². The van der Waals surface area contributed by atoms with Crippen molar-refractivity contribution >= 4 is 21.6 Å². The van der Waals surface area contributed by atoms with Crippen molar-refractivity contribution in [3.8, 4) is 11.5 Å². The second-order valence-electron chi connectivity index (χ2n) is 6.80. The number of ether oxygens (including phenoxy) is 2. The van der Waals surface area contributed by atoms with Gasteiger partial charge in [0.15, 0.2) is 11.5 Å². The molecule has 0 radical (unpaired) electrons. The summed E-state index contributed by atoms with van der Waals surface area (Å²) in [6, 6.07) is 8.97. The maximum Gasteiger partial charge on any atom is 0.244 e. The lowest BCUT2D eigenvalue weighted by Gasteiger charge is -2.30. The monoisotopic (exact) mass is 438 g/mol. The molecule has 0 aliphatic rings. The number of nitrogens with one attached hydrogen (secondary N) is 1. The molecule has 0 aliphatic heterocycles. The number of carbonyl (C=O) groups excluding carboxylic acids is 1. The number of hydrogen-bond acceptors (Lipinski definition) is 5. The van der Waals surface area contributed by atoms with Crippen LogP contribution in [0, 0.1) is 5.82 Å². The summed E-state index contributed by atoms with van der Waals surface area (Å²) >= 11 is 0. The van der Waals surface area contributed by atoms with E-state index in [1.807, 2.05) is 6.92 Å². The Kier molecular flexibility index (Phi) is 7.66. The molecule has 2 atom stereocenters. The molecule has 2 rings (SSSR count). The Morgan fingerprint density at radius 3 is 2.33 bits per heavy atom. The molecular weight excluding hydrogens is 411 g/mol. The van der Waals surface area contributed by atoms with Crippen LogP contribution in [0.1, 0.15) is 31.9 Å². The van der Waals surface area contributed by atoms with Crippen LogP contribution in [0.4, 0.5) is 10.1 Å². The number of nitrogens with zero attached hydrogens (tertiary/aromatic N) is 1. The third kappa shape index (κ3) is 5.41. The molecule has 0 aliphatic carbocycles. The Labute approximate surface area is 176 Å². The summed E-state index contributed by atoms with van der Waals surface area (Å²) in [4.78, 5) is 12.9. The van der Waals surface area contributed by atoms with E-state index in [9.17, 15) is 17.6 Å². The minimum absolute atomic E-state index is 0.0827. The molecular formula is C21H27FN2O5S. The van der Waals surface area contributed by atoms with Crippen molar-refractivity contribution in [2.45, 2.75) is 32.4 Å². The quantitative estimate of drug-likeness (QED) is 0.650. The van der Waals surface area contributed by atoms with Gasteiger partial charge in [-0.25, -0.2) is 12.8 Å². The average Bonchev–Trinajstić information content (AvgIpc) is 2.70. The molecule has 0 saturated carbocycles. The van der Waals surface area contributed by atoms with E-state index in [0.29, 0.717) is 17.9 Å². The van der Waals surface area contributed by atoms with E-state index in [0.717, 1.165) is 22.2 Å². The smallest absolute Gasteiger partial charge is 0.244 e. The van der Waals surface area contributed by atoms with E-state index >= 15 is 0 Å². The highest BCUT2D eigenvalue weighted by Gasteiger charge is 2.30. The lowest BCUT2D eigenvalue weighted by molar-refractivity contribution is -0.122. The molecule has 0 spiro atoms. The van der Waals surface area contributed by atoms with Gasteiger partial charge in [0.1, 0.15) is 11.9 Å². The number of anilines is 1. The zero-order chi connectivity index (χ0) is 22.5. The normalized spacial score (nSPS) is 13.3. The maximum atomic E-state index is 13.7. The largest absolute Gasteiger partial charge is 0.493 e. The van der Waals surface area contributed by atoms with Gasteiger partial charge in [-0.15, -0.1) is 0 Å². The van der Waals surface area contributed by atoms with E-state index < -0.39 is 27.8 Å². The average molecular weight is 439 g/mol. The number of sulfonamides is 1. The third-order valence-corrected chi connectivity index (χ3v) is 5.93. The molecule has 0 saturated heterocycles. The van der Waals surface area contributed by atoms with Crippen LogP contribution in [0.25, 0.3) is 0 Å². The van der Waals surface area contributed by atoms with Crippen molar-refractivity contribution in [3.63, 3.8) is 0 Å². The van der Waals surface area contributed by atoms with Crippen LogP contribution in [0.15, 0.2) is 42.5 Å². The van der Waals surface area contributed by atoms with Gasteiger partial charge in [-0.3, -0.25) is 9.10 Å². The van der Waals surface area contributed by atoms with Gasteiger partial charge < -0.3 is 14.8 Å². The summed E-state index contributed by atoms with van der Waals surface area (Å²) < 4.78 is 49.8. The summed E-state index contributed by atoms with van der Waals surface area (Å²) in [5.41, 5.74) is 0.867. The summed E-state index contributed by atoms with van der Waals surface area (Å²) in [5, 5.41) is 2.87. The fourth-order valence-electron chi connectivity index (χ4n) is 3.20. The molecule has 0 aromatic heterocycles. The molecule has 0 unspecified atom stereocenters. The number of amides is 1. The van der Waals surface area contributed by atoms with Gasteiger partial charge in [-0.1, -0.05) is 19.1 Å². The zero-order valence-electron chi connectivity index (χ0n) is 17.7. The predicted molar refractivity (Wildman–Crippen MR) is 114 cm³/mol. The number of halogens is 1. The van der Waals surface area contributed by atoms with Crippen molar-refractivity contribution in [2.24, 2.45) is 0 Å². The molecule has 164 valence electrons. The van der Waals surface area contributed by atoms with Crippen LogP contribution >= 0.6 is 0 Å². The predicted octanol–water partition coefficient (Wildman–Crippen LogP) is 3.26. The highest BCUT2D eigenvalue weighted by atomic mass is 32.2. The van der Waals surface area contributed by atoms with E-state index in [2.05, 4.69) is 5.32 Å². The van der Waals surface area contributed by atoms with E-state index in [1.165, 1.54) is 39.3 Å². The number of rotatable bonds is 9. The SMILES string of the molecule is CC[C@H](NC(=O)[C@@H](C)N(c1cccc(F)c1)S(C)(=O)=O)c1ccc(OC)c(OC)c1. The Morgan fingerprint density at radius 2 is 1.80 bits per heavy atom. The van der Waals surface area contributed by atoms with E-state index in [4.69, 9.17) is 9.47 Å². The Balaban J connectivity index is 2.31. The minimum atomic E-state index is -3.84. The van der Waals surface area contributed by atoms with Crippen LogP contribution < -0.4 is 19.1 Å². The van der Waals surface area contributed by atoms with Crippen LogP contribution in [-0.4, -0.2) is 40.8 Å². The first-order valence-electron chi connectivity index (χ1n) is 9.39. The van der Waals surface area contributed by atoms with Gasteiger partial charge in [0.25, 0.3) is 0 Å². The standard InChI is InChI=1S/C21H27FN2O5S/c1-6-18(15-10-11-19(28-3)20(12-15)29-4)23-21(25)14(2)24(30(5,26)27)17-9-7-8-16(22)13-17/h7-14,18H,6H2,1-5H3,(H,23,25)/t14-,18+/m1/s1. The summed E-state index contributed by atoms with van der Waals surface area (Å²) in [7, 11) is -0.784. The molecule has 2 aromatic rings. The van der Waals surface area contributed by atoms with Crippen LogP contribution in [0.5, 0.6) is 11.5 Å². The first-order valence-corrected chi connectivity index (χ1v) is 11.2. The first kappa shape index (κ1) is 23.5. The third-order valence-electron chi connectivity index (χ3n) is 4.69. The second-order valence-corrected chi connectivity index (χ2v) is 8.66. The molecule has 9 heteroatoms. The maximum absolute atomic E-state index is 13.7. The summed E-state index contributed by atoms with van der Waals surface area (Å²) in [6.45, 7) is 3.36. The van der Waals surface area contributed by atoms with Gasteiger partial charge in [0, 0.05) is 0 Å². The van der Waals surface area contributed by atoms with Crippen molar-refractivity contribution in [1.82, 2.24) is 5.32 Å². The number of carbonyl (C=O) groups is 1. The minimum Gasteiger partial charge on any atom is -0.493 e. The van der Waals surface area contributed by atoms with Crippen molar-refractivity contribution in [2.75, 3.05) is 24.8 Å². The fourth-order valence-corrected chi connectivity index (χ4v) is 4.37. The molecule has 7 nitrogen and oxygen atoms in total. The number of hydrogen-bond donors (Lipinski definition) is 1. The first-order chi connectivity index (χ1) is 14.1. The molecule has 0 bridgehead atoms. The highest BCUT2D eigenvalue weighted by Crippen LogP contribution is 2.31. The number of benzene rings is 2. The Morgan fingerprint density at radius 1 is 1.13 bits per heavy atom. The zero-order valence-corrected chi connectivity index (χ0v) is 18.5. The molecule has 1 N–H and O–H groups in total. The molecule has 0 fully saturated rings. The summed E-state index contributed by atoms with van der Waals surface area (Å²) in [6.07, 6.45) is 1.54. The van der Waals surface area contributed by atoms with E-state index in [-0.39, 0.29) is 11.7 Å². The van der Waals surface area contributed by atoms with Gasteiger partial charge in [0.2, 0.25) is 15.9 Å². The Hall–Kier alpha value is -2.81. The van der Waals surface area contributed by atoms with Gasteiger partial charge in [-0.2, -0.15) is 0 Å². The van der Waals surface area contributed by atoms with Crippen LogP contribution in [0.2, 0.25) is 0 Å². The lowest BCUT2D eigenvalue weighted by atomic mass is 10.0. The lowest BCUT2D eigenvalue weighted by Crippen LogP contribution is -2.48. The topological polar surface area (TPSA) is 84.9 Å². The van der Waals surface area contributed by atoms with Crippen molar-refractivity contribution in [3.05, 3.63) is 53.8 Å². The van der Waals surface area contributed by atoms with Gasteiger partial charge in [-0.05, 0) is 49.2 Å². The molecule has 2 aromatic carbocycles. The molecule has 30 heavy (non-hydrogen) atoms. The number of methoxy groups -OCH3 is 2. The highest BCUT2D eigenvalue weighted by molar-refractivity contribution is 7.92.